The third kappa shape index (κ3) is 1.66. The van der Waals surface area contributed by atoms with Crippen LogP contribution < -0.4 is 15.4 Å². The molecule has 2 aliphatic rings. The maximum absolute atomic E-state index is 13.4. The number of rotatable bonds is 1. The minimum absolute atomic E-state index is 0.0531. The topological polar surface area (TPSA) is 87.7 Å². The highest BCUT2D eigenvalue weighted by Crippen LogP contribution is 2.41. The first-order valence-electron chi connectivity index (χ1n) is 5.76. The molecule has 7 heteroatoms. The van der Waals surface area contributed by atoms with Gasteiger partial charge in [0.25, 0.3) is 5.91 Å². The molecule has 3 rings (SSSR count). The summed E-state index contributed by atoms with van der Waals surface area (Å²) in [5.74, 6) is -0.812. The van der Waals surface area contributed by atoms with Crippen molar-refractivity contribution in [3.63, 3.8) is 0 Å². The van der Waals surface area contributed by atoms with Crippen molar-refractivity contribution in [1.29, 1.82) is 0 Å². The number of carbonyl (C=O) groups is 2. The Balaban J connectivity index is 2.17. The van der Waals surface area contributed by atoms with Crippen LogP contribution in [0.3, 0.4) is 0 Å². The lowest BCUT2D eigenvalue weighted by Crippen LogP contribution is -2.51. The molecule has 1 spiro atoms. The van der Waals surface area contributed by atoms with Crippen LogP contribution >= 0.6 is 0 Å². The zero-order valence-corrected chi connectivity index (χ0v) is 9.77. The van der Waals surface area contributed by atoms with Crippen LogP contribution in [0.4, 0.5) is 9.18 Å². The van der Waals surface area contributed by atoms with Crippen LogP contribution in [0.1, 0.15) is 12.0 Å². The van der Waals surface area contributed by atoms with Gasteiger partial charge in [0.05, 0.1) is 6.61 Å². The van der Waals surface area contributed by atoms with E-state index in [0.29, 0.717) is 0 Å². The van der Waals surface area contributed by atoms with Gasteiger partial charge in [-0.3, -0.25) is 10.1 Å². The third-order valence-electron chi connectivity index (χ3n) is 3.37. The van der Waals surface area contributed by atoms with E-state index in [2.05, 4.69) is 10.6 Å². The van der Waals surface area contributed by atoms with Crippen molar-refractivity contribution in [3.8, 4) is 5.75 Å². The van der Waals surface area contributed by atoms with E-state index in [1.165, 1.54) is 12.1 Å². The SMILES string of the molecule is O=C1NC(=O)[C@@]2(C[C@@H](CO)Oc3ccc(F)cc32)N1. The number of hydrogen-bond acceptors (Lipinski definition) is 4. The van der Waals surface area contributed by atoms with Gasteiger partial charge in [0.15, 0.2) is 5.54 Å². The minimum atomic E-state index is -1.37. The summed E-state index contributed by atoms with van der Waals surface area (Å²) in [5.41, 5.74) is -1.11. The zero-order valence-electron chi connectivity index (χ0n) is 9.77. The van der Waals surface area contributed by atoms with Crippen molar-refractivity contribution in [2.24, 2.45) is 0 Å². The Hall–Kier alpha value is -2.15. The van der Waals surface area contributed by atoms with Crippen LogP contribution in [0, 0.1) is 5.82 Å². The molecule has 3 N–H and O–H groups in total. The van der Waals surface area contributed by atoms with Crippen LogP contribution in [-0.2, 0) is 10.3 Å². The number of aliphatic hydroxyl groups is 1. The van der Waals surface area contributed by atoms with Gasteiger partial charge < -0.3 is 15.2 Å². The van der Waals surface area contributed by atoms with Gasteiger partial charge in [0.1, 0.15) is 17.7 Å². The number of amides is 3. The van der Waals surface area contributed by atoms with Crippen LogP contribution in [0.5, 0.6) is 5.75 Å². The Morgan fingerprint density at radius 2 is 2.26 bits per heavy atom. The molecular formula is C12H11FN2O4. The largest absolute Gasteiger partial charge is 0.488 e. The first-order valence-corrected chi connectivity index (χ1v) is 5.76. The van der Waals surface area contributed by atoms with Gasteiger partial charge in [0.2, 0.25) is 0 Å². The Morgan fingerprint density at radius 3 is 2.89 bits per heavy atom. The van der Waals surface area contributed by atoms with Crippen molar-refractivity contribution < 1.29 is 23.8 Å². The summed E-state index contributed by atoms with van der Waals surface area (Å²) in [4.78, 5) is 23.4. The van der Waals surface area contributed by atoms with E-state index in [9.17, 15) is 19.1 Å². The molecule has 2 heterocycles. The highest BCUT2D eigenvalue weighted by molar-refractivity contribution is 6.07. The number of fused-ring (bicyclic) bond motifs is 2. The van der Waals surface area contributed by atoms with E-state index >= 15 is 0 Å². The lowest BCUT2D eigenvalue weighted by atomic mass is 9.82. The summed E-state index contributed by atoms with van der Waals surface area (Å²) in [6.07, 6.45) is -0.584. The molecule has 0 aromatic heterocycles. The van der Waals surface area contributed by atoms with Crippen molar-refractivity contribution >= 4 is 11.9 Å². The van der Waals surface area contributed by atoms with Crippen molar-refractivity contribution in [1.82, 2.24) is 10.6 Å². The summed E-state index contributed by atoms with van der Waals surface area (Å²) < 4.78 is 18.8. The second-order valence-corrected chi connectivity index (χ2v) is 4.58. The summed E-state index contributed by atoms with van der Waals surface area (Å²) >= 11 is 0. The van der Waals surface area contributed by atoms with Gasteiger partial charge in [-0.15, -0.1) is 0 Å². The monoisotopic (exact) mass is 266 g/mol. The van der Waals surface area contributed by atoms with E-state index in [0.717, 1.165) is 6.07 Å². The minimum Gasteiger partial charge on any atom is -0.488 e. The second-order valence-electron chi connectivity index (χ2n) is 4.58. The first-order chi connectivity index (χ1) is 9.05. The van der Waals surface area contributed by atoms with Gasteiger partial charge in [-0.05, 0) is 18.2 Å². The summed E-state index contributed by atoms with van der Waals surface area (Å²) in [6, 6.07) is 3.10. The summed E-state index contributed by atoms with van der Waals surface area (Å²) in [7, 11) is 0. The highest BCUT2D eigenvalue weighted by Gasteiger charge is 2.53. The van der Waals surface area contributed by atoms with Crippen LogP contribution in [0.25, 0.3) is 0 Å². The molecule has 6 nitrogen and oxygen atoms in total. The zero-order chi connectivity index (χ0) is 13.6. The van der Waals surface area contributed by atoms with E-state index in [-0.39, 0.29) is 24.3 Å². The summed E-state index contributed by atoms with van der Waals surface area (Å²) in [6.45, 7) is -0.304. The van der Waals surface area contributed by atoms with Gasteiger partial charge in [0, 0.05) is 12.0 Å². The number of nitrogens with one attached hydrogen (secondary N) is 2. The average Bonchev–Trinajstić information content (AvgIpc) is 2.65. The van der Waals surface area contributed by atoms with E-state index < -0.39 is 29.4 Å². The van der Waals surface area contributed by atoms with E-state index in [1.54, 1.807) is 0 Å². The Labute approximate surface area is 107 Å². The molecule has 0 saturated carbocycles. The molecule has 19 heavy (non-hydrogen) atoms. The maximum Gasteiger partial charge on any atom is 0.322 e. The molecule has 1 fully saturated rings. The number of ether oxygens (including phenoxy) is 1. The maximum atomic E-state index is 13.4. The van der Waals surface area contributed by atoms with Crippen LogP contribution in [0.2, 0.25) is 0 Å². The Bertz CT molecular complexity index is 577. The average molecular weight is 266 g/mol. The molecular weight excluding hydrogens is 255 g/mol. The number of hydrogen-bond donors (Lipinski definition) is 3. The van der Waals surface area contributed by atoms with Crippen molar-refractivity contribution in [2.75, 3.05) is 6.61 Å². The number of carbonyl (C=O) groups excluding carboxylic acids is 2. The van der Waals surface area contributed by atoms with Gasteiger partial charge in [-0.1, -0.05) is 0 Å². The number of imide groups is 1. The molecule has 0 unspecified atom stereocenters. The van der Waals surface area contributed by atoms with Crippen molar-refractivity contribution in [2.45, 2.75) is 18.1 Å². The fourth-order valence-corrected chi connectivity index (χ4v) is 2.54. The third-order valence-corrected chi connectivity index (χ3v) is 3.37. The molecule has 100 valence electrons. The van der Waals surface area contributed by atoms with Crippen molar-refractivity contribution in [3.05, 3.63) is 29.6 Å². The predicted octanol–water partition coefficient (Wildman–Crippen LogP) is 0.00380. The number of halogens is 1. The fourth-order valence-electron chi connectivity index (χ4n) is 2.54. The normalized spacial score (nSPS) is 28.6. The predicted molar refractivity (Wildman–Crippen MR) is 60.9 cm³/mol. The summed E-state index contributed by atoms with van der Waals surface area (Å²) in [5, 5.41) is 13.9. The molecule has 0 radical (unpaired) electrons. The van der Waals surface area contributed by atoms with Gasteiger partial charge in [-0.25, -0.2) is 9.18 Å². The highest BCUT2D eigenvalue weighted by atomic mass is 19.1. The van der Waals surface area contributed by atoms with Crippen LogP contribution in [-0.4, -0.2) is 29.8 Å². The van der Waals surface area contributed by atoms with E-state index in [1.807, 2.05) is 0 Å². The number of benzene rings is 1. The first kappa shape index (κ1) is 11.9. The molecule has 1 aromatic rings. The van der Waals surface area contributed by atoms with E-state index in [4.69, 9.17) is 4.74 Å². The second kappa shape index (κ2) is 3.92. The molecule has 3 amide bonds. The molecule has 2 atom stereocenters. The molecule has 0 aliphatic carbocycles. The molecule has 1 aromatic carbocycles. The van der Waals surface area contributed by atoms with Gasteiger partial charge >= 0.3 is 6.03 Å². The Kier molecular flexibility index (Phi) is 2.46. The molecule has 2 aliphatic heterocycles. The molecule has 1 saturated heterocycles. The standard InChI is InChI=1S/C12H11FN2O4/c13-6-1-2-9-8(3-6)12(4-7(5-16)19-9)10(17)14-11(18)15-12/h1-3,7,16H,4-5H2,(H2,14,15,17,18)/t7-,12-/m0/s1. The quantitative estimate of drug-likeness (QED) is 0.624. The van der Waals surface area contributed by atoms with Gasteiger partial charge in [-0.2, -0.15) is 0 Å². The fraction of sp³-hybridized carbons (Fsp3) is 0.333. The van der Waals surface area contributed by atoms with Crippen LogP contribution in [0.15, 0.2) is 18.2 Å². The smallest absolute Gasteiger partial charge is 0.322 e. The number of urea groups is 1. The molecule has 0 bridgehead atoms. The number of aliphatic hydroxyl groups excluding tert-OH is 1. The lowest BCUT2D eigenvalue weighted by Gasteiger charge is -2.36. The lowest BCUT2D eigenvalue weighted by molar-refractivity contribution is -0.126. The Morgan fingerprint density at radius 1 is 1.47 bits per heavy atom.